The van der Waals surface area contributed by atoms with Crippen molar-refractivity contribution in [2.45, 2.75) is 10.6 Å². The summed E-state index contributed by atoms with van der Waals surface area (Å²) >= 11 is 13.6. The summed E-state index contributed by atoms with van der Waals surface area (Å²) in [6, 6.07) is 15.2. The molecule has 0 unspecified atom stereocenters. The Morgan fingerprint density at radius 1 is 1.05 bits per heavy atom. The van der Waals surface area contributed by atoms with Gasteiger partial charge in [-0.25, -0.2) is 0 Å². The monoisotopic (exact) mass is 323 g/mol. The Morgan fingerprint density at radius 2 is 1.80 bits per heavy atom. The first-order valence-corrected chi connectivity index (χ1v) is 7.60. The second-order valence-corrected chi connectivity index (χ2v) is 5.82. The first-order valence-electron chi connectivity index (χ1n) is 5.85. The molecule has 0 aliphatic carbocycles. The topological polar surface area (TPSA) is 33.0 Å². The van der Waals surface area contributed by atoms with Crippen molar-refractivity contribution >= 4 is 35.0 Å². The van der Waals surface area contributed by atoms with E-state index in [2.05, 4.69) is 0 Å². The molecule has 0 N–H and O–H groups in total. The van der Waals surface area contributed by atoms with E-state index in [1.807, 2.05) is 42.5 Å². The normalized spacial score (nSPS) is 10.1. The maximum absolute atomic E-state index is 8.44. The van der Waals surface area contributed by atoms with Crippen molar-refractivity contribution < 1.29 is 4.74 Å². The molecule has 0 aliphatic heterocycles. The zero-order chi connectivity index (χ0) is 14.4. The predicted molar refractivity (Wildman–Crippen MR) is 83.6 cm³/mol. The van der Waals surface area contributed by atoms with Gasteiger partial charge < -0.3 is 4.74 Å². The molecule has 2 aromatic carbocycles. The molecule has 0 fully saturated rings. The van der Waals surface area contributed by atoms with Crippen LogP contribution in [0.3, 0.4) is 0 Å². The summed E-state index contributed by atoms with van der Waals surface area (Å²) in [6.45, 7) is 0.0652. The number of ether oxygens (including phenoxy) is 1. The first kappa shape index (κ1) is 15.1. The maximum atomic E-state index is 8.44. The molecular weight excluding hydrogens is 313 g/mol. The minimum Gasteiger partial charge on any atom is -0.479 e. The average Bonchev–Trinajstić information content (AvgIpc) is 2.47. The highest BCUT2D eigenvalue weighted by Crippen LogP contribution is 2.28. The van der Waals surface area contributed by atoms with Gasteiger partial charge in [-0.05, 0) is 42.0 Å². The smallest absolute Gasteiger partial charge is 0.174 e. The van der Waals surface area contributed by atoms with E-state index in [4.69, 9.17) is 33.2 Å². The Balaban J connectivity index is 1.93. The number of benzene rings is 2. The lowest BCUT2D eigenvalue weighted by molar-refractivity contribution is 0.368. The van der Waals surface area contributed by atoms with E-state index in [0.717, 1.165) is 16.2 Å². The van der Waals surface area contributed by atoms with Gasteiger partial charge in [0, 0.05) is 10.6 Å². The predicted octanol–water partition coefficient (Wildman–Crippen LogP) is 5.19. The number of nitrogens with zero attached hydrogens (tertiary/aromatic N) is 1. The summed E-state index contributed by atoms with van der Waals surface area (Å²) in [6.07, 6.45) is 0. The molecule has 0 bridgehead atoms. The lowest BCUT2D eigenvalue weighted by Crippen LogP contribution is -1.92. The molecule has 0 saturated heterocycles. The van der Waals surface area contributed by atoms with Crippen LogP contribution in [0, 0.1) is 11.3 Å². The van der Waals surface area contributed by atoms with Gasteiger partial charge in [-0.3, -0.25) is 0 Å². The summed E-state index contributed by atoms with van der Waals surface area (Å²) in [5.41, 5.74) is 1.12. The quantitative estimate of drug-likeness (QED) is 0.710. The molecule has 0 aromatic heterocycles. The Bertz CT molecular complexity index is 623. The number of halogens is 2. The molecule has 20 heavy (non-hydrogen) atoms. The number of hydrogen-bond acceptors (Lipinski definition) is 3. The molecule has 0 radical (unpaired) electrons. The highest BCUT2D eigenvalue weighted by molar-refractivity contribution is 7.98. The second kappa shape index (κ2) is 7.44. The van der Waals surface area contributed by atoms with Crippen molar-refractivity contribution in [3.8, 4) is 11.8 Å². The molecule has 0 aliphatic rings. The van der Waals surface area contributed by atoms with Crippen molar-refractivity contribution in [2.24, 2.45) is 0 Å². The molecule has 0 heterocycles. The van der Waals surface area contributed by atoms with Crippen molar-refractivity contribution in [1.82, 2.24) is 0 Å². The van der Waals surface area contributed by atoms with Crippen LogP contribution in [0.4, 0.5) is 0 Å². The second-order valence-electron chi connectivity index (χ2n) is 3.96. The molecule has 2 nitrogen and oxygen atoms in total. The molecule has 0 spiro atoms. The maximum Gasteiger partial charge on any atom is 0.174 e. The SMILES string of the molecule is N#CCOc1ccc(SCc2ccc(Cl)c(Cl)c2)cc1. The Morgan fingerprint density at radius 3 is 2.45 bits per heavy atom. The molecule has 5 heteroatoms. The molecule has 0 amide bonds. The van der Waals surface area contributed by atoms with Crippen LogP contribution in [0.1, 0.15) is 5.56 Å². The van der Waals surface area contributed by atoms with Crippen molar-refractivity contribution in [3.05, 3.63) is 58.1 Å². The molecular formula is C15H11Cl2NOS. The average molecular weight is 324 g/mol. The van der Waals surface area contributed by atoms with Crippen molar-refractivity contribution in [2.75, 3.05) is 6.61 Å². The Kier molecular flexibility index (Phi) is 5.60. The van der Waals surface area contributed by atoms with Gasteiger partial charge in [-0.2, -0.15) is 5.26 Å². The van der Waals surface area contributed by atoms with E-state index >= 15 is 0 Å². The van der Waals surface area contributed by atoms with Crippen LogP contribution in [0.15, 0.2) is 47.4 Å². The van der Waals surface area contributed by atoms with Gasteiger partial charge in [0.2, 0.25) is 0 Å². The summed E-state index contributed by atoms with van der Waals surface area (Å²) in [4.78, 5) is 1.13. The van der Waals surface area contributed by atoms with E-state index in [1.54, 1.807) is 17.8 Å². The number of hydrogen-bond donors (Lipinski definition) is 0. The zero-order valence-corrected chi connectivity index (χ0v) is 12.8. The molecule has 0 atom stereocenters. The summed E-state index contributed by atoms with van der Waals surface area (Å²) in [5.74, 6) is 1.51. The fourth-order valence-corrected chi connectivity index (χ4v) is 2.71. The van der Waals surface area contributed by atoms with Gasteiger partial charge in [-0.1, -0.05) is 29.3 Å². The fraction of sp³-hybridized carbons (Fsp3) is 0.133. The molecule has 0 saturated carbocycles. The van der Waals surface area contributed by atoms with Gasteiger partial charge >= 0.3 is 0 Å². The Hall–Kier alpha value is -1.34. The van der Waals surface area contributed by atoms with E-state index in [1.165, 1.54) is 0 Å². The van der Waals surface area contributed by atoms with Crippen molar-refractivity contribution in [3.63, 3.8) is 0 Å². The lowest BCUT2D eigenvalue weighted by Gasteiger charge is -2.05. The minimum absolute atomic E-state index is 0.0652. The van der Waals surface area contributed by atoms with Crippen LogP contribution in [-0.2, 0) is 5.75 Å². The highest BCUT2D eigenvalue weighted by atomic mass is 35.5. The van der Waals surface area contributed by atoms with Crippen LogP contribution >= 0.6 is 35.0 Å². The number of nitriles is 1. The van der Waals surface area contributed by atoms with E-state index in [0.29, 0.717) is 15.8 Å². The third-order valence-corrected chi connectivity index (χ3v) is 4.34. The van der Waals surface area contributed by atoms with E-state index in [9.17, 15) is 0 Å². The van der Waals surface area contributed by atoms with Crippen LogP contribution in [0.25, 0.3) is 0 Å². The van der Waals surface area contributed by atoms with Crippen molar-refractivity contribution in [1.29, 1.82) is 5.26 Å². The van der Waals surface area contributed by atoms with E-state index in [-0.39, 0.29) is 6.61 Å². The minimum atomic E-state index is 0.0652. The van der Waals surface area contributed by atoms with Crippen LogP contribution in [0.5, 0.6) is 5.75 Å². The number of thioether (sulfide) groups is 1. The first-order chi connectivity index (χ1) is 9.69. The summed E-state index contributed by atoms with van der Waals surface area (Å²) < 4.78 is 5.20. The highest BCUT2D eigenvalue weighted by Gasteiger charge is 2.01. The summed E-state index contributed by atoms with van der Waals surface area (Å²) in [5, 5.41) is 9.58. The third kappa shape index (κ3) is 4.35. The van der Waals surface area contributed by atoms with Gasteiger partial charge in [-0.15, -0.1) is 11.8 Å². The molecule has 102 valence electrons. The summed E-state index contributed by atoms with van der Waals surface area (Å²) in [7, 11) is 0. The van der Waals surface area contributed by atoms with Gasteiger partial charge in [0.05, 0.1) is 10.0 Å². The zero-order valence-electron chi connectivity index (χ0n) is 10.5. The van der Waals surface area contributed by atoms with E-state index < -0.39 is 0 Å². The largest absolute Gasteiger partial charge is 0.479 e. The Labute approximate surface area is 132 Å². The standard InChI is InChI=1S/C15H11Cl2NOS/c16-14-6-1-11(9-15(14)17)10-20-13-4-2-12(3-5-13)19-8-7-18/h1-6,9H,8,10H2. The fourth-order valence-electron chi connectivity index (χ4n) is 1.54. The third-order valence-electron chi connectivity index (χ3n) is 2.52. The lowest BCUT2D eigenvalue weighted by atomic mass is 10.2. The molecule has 2 aromatic rings. The van der Waals surface area contributed by atoms with Gasteiger partial charge in [0.1, 0.15) is 11.8 Å². The van der Waals surface area contributed by atoms with Gasteiger partial charge in [0.25, 0.3) is 0 Å². The van der Waals surface area contributed by atoms with Gasteiger partial charge in [0.15, 0.2) is 6.61 Å². The van der Waals surface area contributed by atoms with Crippen LogP contribution in [0.2, 0.25) is 10.0 Å². The number of rotatable bonds is 5. The van der Waals surface area contributed by atoms with Crippen LogP contribution < -0.4 is 4.74 Å². The van der Waals surface area contributed by atoms with Crippen LogP contribution in [-0.4, -0.2) is 6.61 Å². The molecule has 2 rings (SSSR count).